The van der Waals surface area contributed by atoms with Crippen LogP contribution < -0.4 is 15.0 Å². The van der Waals surface area contributed by atoms with Crippen LogP contribution in [0.15, 0.2) is 79.3 Å². The van der Waals surface area contributed by atoms with Gasteiger partial charge in [-0.25, -0.2) is 14.4 Å². The van der Waals surface area contributed by atoms with Crippen molar-refractivity contribution in [3.63, 3.8) is 0 Å². The van der Waals surface area contributed by atoms with Crippen molar-refractivity contribution in [2.45, 2.75) is 6.54 Å². The summed E-state index contributed by atoms with van der Waals surface area (Å²) in [5, 5.41) is 3.01. The van der Waals surface area contributed by atoms with Gasteiger partial charge in [0.25, 0.3) is 5.91 Å². The summed E-state index contributed by atoms with van der Waals surface area (Å²) in [5.41, 5.74) is 3.58. The highest BCUT2D eigenvalue weighted by Crippen LogP contribution is 2.36. The highest BCUT2D eigenvalue weighted by atomic mass is 19.1. The van der Waals surface area contributed by atoms with Gasteiger partial charge in [0.2, 0.25) is 5.95 Å². The van der Waals surface area contributed by atoms with Gasteiger partial charge in [0.15, 0.2) is 6.61 Å². The second-order valence-corrected chi connectivity index (χ2v) is 7.21. The predicted molar refractivity (Wildman–Crippen MR) is 118 cm³/mol. The minimum absolute atomic E-state index is 0.0121. The van der Waals surface area contributed by atoms with Crippen LogP contribution in [0.2, 0.25) is 0 Å². The third-order valence-electron chi connectivity index (χ3n) is 5.00. The number of rotatable bonds is 5. The van der Waals surface area contributed by atoms with Gasteiger partial charge in [-0.1, -0.05) is 12.1 Å². The molecule has 1 aliphatic heterocycles. The van der Waals surface area contributed by atoms with Crippen molar-refractivity contribution in [2.75, 3.05) is 16.8 Å². The number of pyridine rings is 1. The molecule has 0 saturated carbocycles. The molecule has 2 aromatic carbocycles. The van der Waals surface area contributed by atoms with Crippen LogP contribution in [0.5, 0.6) is 5.75 Å². The Morgan fingerprint density at radius 2 is 2.00 bits per heavy atom. The van der Waals surface area contributed by atoms with Gasteiger partial charge in [0.1, 0.15) is 11.6 Å². The van der Waals surface area contributed by atoms with Crippen LogP contribution in [0, 0.1) is 5.82 Å². The Morgan fingerprint density at radius 3 is 2.84 bits per heavy atom. The van der Waals surface area contributed by atoms with Crippen LogP contribution in [0.4, 0.5) is 21.7 Å². The third-order valence-corrected chi connectivity index (χ3v) is 5.00. The van der Waals surface area contributed by atoms with E-state index in [1.54, 1.807) is 41.7 Å². The van der Waals surface area contributed by atoms with Crippen molar-refractivity contribution < 1.29 is 13.9 Å². The number of nitrogens with one attached hydrogen (secondary N) is 1. The first-order valence-corrected chi connectivity index (χ1v) is 9.98. The molecule has 0 bridgehead atoms. The van der Waals surface area contributed by atoms with E-state index in [1.807, 2.05) is 30.3 Å². The standard InChI is InChI=1S/C24H18FN5O2/c25-18-4-1-5-19(12-18)28-24-27-10-8-20(29-24)17-6-7-22-21(11-17)30(23(31)15-32-22)14-16-3-2-9-26-13-16/h1-13H,14-15H2,(H,27,28,29). The molecule has 3 heterocycles. The van der Waals surface area contributed by atoms with Crippen LogP contribution in [-0.4, -0.2) is 27.5 Å². The van der Waals surface area contributed by atoms with Crippen molar-refractivity contribution in [1.29, 1.82) is 0 Å². The molecule has 8 heteroatoms. The number of nitrogens with zero attached hydrogens (tertiary/aromatic N) is 4. The first-order valence-electron chi connectivity index (χ1n) is 9.98. The van der Waals surface area contributed by atoms with Crippen molar-refractivity contribution >= 4 is 23.2 Å². The van der Waals surface area contributed by atoms with Crippen molar-refractivity contribution in [2.24, 2.45) is 0 Å². The predicted octanol–water partition coefficient (Wildman–Crippen LogP) is 4.35. The monoisotopic (exact) mass is 427 g/mol. The largest absolute Gasteiger partial charge is 0.482 e. The molecule has 32 heavy (non-hydrogen) atoms. The Morgan fingerprint density at radius 1 is 1.06 bits per heavy atom. The van der Waals surface area contributed by atoms with Gasteiger partial charge < -0.3 is 15.0 Å². The number of halogens is 1. The zero-order valence-electron chi connectivity index (χ0n) is 16.9. The number of ether oxygens (including phenoxy) is 1. The van der Waals surface area contributed by atoms with Crippen LogP contribution in [0.3, 0.4) is 0 Å². The molecule has 0 fully saturated rings. The Labute approximate surface area is 183 Å². The van der Waals surface area contributed by atoms with Gasteiger partial charge in [-0.15, -0.1) is 0 Å². The summed E-state index contributed by atoms with van der Waals surface area (Å²) in [5.74, 6) is 0.489. The number of carbonyl (C=O) groups excluding carboxylic acids is 1. The van der Waals surface area contributed by atoms with E-state index in [1.165, 1.54) is 12.1 Å². The zero-order valence-corrected chi connectivity index (χ0v) is 16.9. The normalized spacial score (nSPS) is 12.8. The maximum absolute atomic E-state index is 13.5. The molecule has 158 valence electrons. The average Bonchev–Trinajstić information content (AvgIpc) is 2.81. The number of anilines is 3. The SMILES string of the molecule is O=C1COc2ccc(-c3ccnc(Nc4cccc(F)c4)n3)cc2N1Cc1cccnc1. The molecular weight excluding hydrogens is 409 g/mol. The molecule has 1 aliphatic rings. The van der Waals surface area contributed by atoms with Crippen LogP contribution in [0.25, 0.3) is 11.3 Å². The van der Waals surface area contributed by atoms with E-state index in [4.69, 9.17) is 4.74 Å². The molecule has 0 radical (unpaired) electrons. The van der Waals surface area contributed by atoms with Crippen LogP contribution in [-0.2, 0) is 11.3 Å². The van der Waals surface area contributed by atoms with Crippen LogP contribution >= 0.6 is 0 Å². The lowest BCUT2D eigenvalue weighted by molar-refractivity contribution is -0.121. The van der Waals surface area contributed by atoms with E-state index >= 15 is 0 Å². The number of aromatic nitrogens is 3. The van der Waals surface area contributed by atoms with Gasteiger partial charge in [0.05, 0.1) is 17.9 Å². The summed E-state index contributed by atoms with van der Waals surface area (Å²) in [6.45, 7) is 0.379. The maximum Gasteiger partial charge on any atom is 0.265 e. The topological polar surface area (TPSA) is 80.2 Å². The number of amides is 1. The lowest BCUT2D eigenvalue weighted by Crippen LogP contribution is -2.38. The second-order valence-electron chi connectivity index (χ2n) is 7.21. The number of hydrogen-bond acceptors (Lipinski definition) is 6. The summed E-state index contributed by atoms with van der Waals surface area (Å²) in [7, 11) is 0. The number of benzene rings is 2. The molecule has 7 nitrogen and oxygen atoms in total. The molecule has 2 aromatic heterocycles. The Hall–Kier alpha value is -4.33. The summed E-state index contributed by atoms with van der Waals surface area (Å²) < 4.78 is 19.1. The fourth-order valence-corrected chi connectivity index (χ4v) is 3.48. The van der Waals surface area contributed by atoms with E-state index in [9.17, 15) is 9.18 Å². The first-order chi connectivity index (χ1) is 15.7. The van der Waals surface area contributed by atoms with E-state index in [0.717, 1.165) is 11.1 Å². The molecule has 0 spiro atoms. The van der Waals surface area contributed by atoms with Gasteiger partial charge in [-0.05, 0) is 54.1 Å². The minimum atomic E-state index is -0.348. The Balaban J connectivity index is 1.46. The molecule has 4 aromatic rings. The number of fused-ring (bicyclic) bond motifs is 1. The molecule has 5 rings (SSSR count). The Kier molecular flexibility index (Phi) is 5.17. The van der Waals surface area contributed by atoms with E-state index in [2.05, 4.69) is 20.3 Å². The van der Waals surface area contributed by atoms with E-state index in [-0.39, 0.29) is 18.3 Å². The quantitative estimate of drug-likeness (QED) is 0.510. The second kappa shape index (κ2) is 8.43. The molecule has 0 unspecified atom stereocenters. The highest BCUT2D eigenvalue weighted by Gasteiger charge is 2.26. The molecular formula is C24H18FN5O2. The van der Waals surface area contributed by atoms with Gasteiger partial charge in [-0.3, -0.25) is 9.78 Å². The lowest BCUT2D eigenvalue weighted by atomic mass is 10.1. The fourth-order valence-electron chi connectivity index (χ4n) is 3.48. The smallest absolute Gasteiger partial charge is 0.265 e. The van der Waals surface area contributed by atoms with Crippen LogP contribution in [0.1, 0.15) is 5.56 Å². The summed E-state index contributed by atoms with van der Waals surface area (Å²) >= 11 is 0. The van der Waals surface area contributed by atoms with Crippen molar-refractivity contribution in [1.82, 2.24) is 15.0 Å². The van der Waals surface area contributed by atoms with Gasteiger partial charge in [0, 0.05) is 29.8 Å². The zero-order chi connectivity index (χ0) is 21.9. The molecule has 1 N–H and O–H groups in total. The molecule has 0 atom stereocenters. The Bertz CT molecular complexity index is 1280. The number of hydrogen-bond donors (Lipinski definition) is 1. The summed E-state index contributed by atoms with van der Waals surface area (Å²) in [6, 6.07) is 17.2. The molecule has 1 amide bonds. The first kappa shape index (κ1) is 19.6. The highest BCUT2D eigenvalue weighted by molar-refractivity contribution is 5.98. The number of carbonyl (C=O) groups is 1. The molecule has 0 saturated heterocycles. The summed E-state index contributed by atoms with van der Waals surface area (Å²) in [4.78, 5) is 27.2. The average molecular weight is 427 g/mol. The van der Waals surface area contributed by atoms with E-state index in [0.29, 0.717) is 35.3 Å². The van der Waals surface area contributed by atoms with Gasteiger partial charge in [-0.2, -0.15) is 0 Å². The summed E-state index contributed by atoms with van der Waals surface area (Å²) in [6.07, 6.45) is 5.06. The fraction of sp³-hybridized carbons (Fsp3) is 0.0833. The van der Waals surface area contributed by atoms with Crippen molar-refractivity contribution in [3.05, 3.63) is 90.6 Å². The van der Waals surface area contributed by atoms with Crippen molar-refractivity contribution in [3.8, 4) is 17.0 Å². The maximum atomic E-state index is 13.5. The van der Waals surface area contributed by atoms with Gasteiger partial charge >= 0.3 is 0 Å². The van der Waals surface area contributed by atoms with E-state index < -0.39 is 0 Å². The minimum Gasteiger partial charge on any atom is -0.482 e. The lowest BCUT2D eigenvalue weighted by Gasteiger charge is -2.29. The molecule has 0 aliphatic carbocycles. The third kappa shape index (κ3) is 4.11.